The van der Waals surface area contributed by atoms with Crippen LogP contribution in [0.1, 0.15) is 20.8 Å². The number of alkyl halides is 1. The van der Waals surface area contributed by atoms with Crippen molar-refractivity contribution < 1.29 is 22.7 Å². The van der Waals surface area contributed by atoms with Crippen LogP contribution in [0.25, 0.3) is 0 Å². The van der Waals surface area contributed by atoms with Crippen LogP contribution in [0.5, 0.6) is 0 Å². The van der Waals surface area contributed by atoms with Crippen molar-refractivity contribution in [1.29, 1.82) is 0 Å². The molecule has 4 unspecified atom stereocenters. The molecule has 4 rings (SSSR count). The third-order valence-electron chi connectivity index (χ3n) is 4.97. The average Bonchev–Trinajstić information content (AvgIpc) is 3.11. The van der Waals surface area contributed by atoms with E-state index in [4.69, 9.17) is 19.5 Å². The van der Waals surface area contributed by atoms with E-state index in [2.05, 4.69) is 9.98 Å². The van der Waals surface area contributed by atoms with E-state index in [1.54, 1.807) is 38.0 Å². The van der Waals surface area contributed by atoms with Crippen LogP contribution in [-0.4, -0.2) is 66.0 Å². The van der Waals surface area contributed by atoms with Crippen molar-refractivity contribution in [3.63, 3.8) is 0 Å². The largest absolute Gasteiger partial charge is 0.400 e. The first-order valence-corrected chi connectivity index (χ1v) is 9.98. The second-order valence-electron chi connectivity index (χ2n) is 6.98. The Morgan fingerprint density at radius 3 is 2.80 bits per heavy atom. The quantitative estimate of drug-likeness (QED) is 0.736. The van der Waals surface area contributed by atoms with Gasteiger partial charge in [0.1, 0.15) is 18.2 Å². The van der Waals surface area contributed by atoms with E-state index in [0.29, 0.717) is 5.70 Å². The highest BCUT2D eigenvalue weighted by atomic mass is 31.2. The van der Waals surface area contributed by atoms with Gasteiger partial charge in [-0.3, -0.25) is 19.1 Å². The molecule has 0 spiro atoms. The Kier molecular flexibility index (Phi) is 4.03. The maximum absolute atomic E-state index is 15.2. The van der Waals surface area contributed by atoms with Crippen LogP contribution in [0, 0.1) is 0 Å². The number of hydrogen-bond donors (Lipinski definition) is 1. The van der Waals surface area contributed by atoms with Crippen LogP contribution >= 0.6 is 7.60 Å². The topological polar surface area (TPSA) is 98.7 Å². The lowest BCUT2D eigenvalue weighted by Gasteiger charge is -2.37. The van der Waals surface area contributed by atoms with Gasteiger partial charge in [-0.1, -0.05) is 13.8 Å². The van der Waals surface area contributed by atoms with Crippen LogP contribution in [-0.2, 0) is 18.3 Å². The van der Waals surface area contributed by atoms with Gasteiger partial charge in [0.15, 0.2) is 18.6 Å². The van der Waals surface area contributed by atoms with Gasteiger partial charge in [0.25, 0.3) is 0 Å². The summed E-state index contributed by atoms with van der Waals surface area (Å²) in [6.07, 6.45) is -0.237. The number of hydrogen-bond acceptors (Lipinski definition) is 8. The molecule has 2 saturated heterocycles. The number of aliphatic imine (C=N–C) groups is 2. The normalized spacial score (nSPS) is 48.6. The number of fused-ring (bicyclic) bond motifs is 2. The number of nitrogens with two attached hydrogens (primary N) is 1. The van der Waals surface area contributed by atoms with E-state index in [0.717, 1.165) is 0 Å². The molecule has 8 nitrogen and oxygen atoms in total. The Bertz CT molecular complexity index is 699. The Morgan fingerprint density at radius 1 is 1.32 bits per heavy atom. The van der Waals surface area contributed by atoms with Crippen molar-refractivity contribution in [2.45, 2.75) is 69.3 Å². The summed E-state index contributed by atoms with van der Waals surface area (Å²) in [4.78, 5) is 10.3. The highest BCUT2D eigenvalue weighted by Gasteiger charge is 2.59. The van der Waals surface area contributed by atoms with Gasteiger partial charge < -0.3 is 19.9 Å². The molecule has 4 heterocycles. The average molecular weight is 372 g/mol. The molecular formula is C15H22FN4O4P. The summed E-state index contributed by atoms with van der Waals surface area (Å²) in [5, 5.41) is 0. The summed E-state index contributed by atoms with van der Waals surface area (Å²) in [6, 6.07) is -0.347. The SMILES string of the molecule is CC1OP(=O)(C(C)C)O[C@H]2[C@@H](F)[C@H](N3C=NC4C(N)=CC=NC43)O[C@H]12. The number of ether oxygens (including phenoxy) is 1. The van der Waals surface area contributed by atoms with Crippen LogP contribution in [0.4, 0.5) is 4.39 Å². The third kappa shape index (κ3) is 2.56. The third-order valence-corrected chi connectivity index (χ3v) is 7.40. The molecule has 8 atom stereocenters. The molecule has 0 aromatic carbocycles. The van der Waals surface area contributed by atoms with Crippen molar-refractivity contribution in [3.05, 3.63) is 11.8 Å². The number of dihydropyridines is 1. The van der Waals surface area contributed by atoms with Gasteiger partial charge >= 0.3 is 7.60 Å². The zero-order valence-electron chi connectivity index (χ0n) is 14.2. The Morgan fingerprint density at radius 2 is 2.08 bits per heavy atom. The summed E-state index contributed by atoms with van der Waals surface area (Å²) in [6.45, 7) is 5.19. The maximum atomic E-state index is 15.2. The molecular weight excluding hydrogens is 350 g/mol. The van der Waals surface area contributed by atoms with E-state index >= 15 is 4.39 Å². The number of nitrogens with zero attached hydrogens (tertiary/aromatic N) is 3. The minimum Gasteiger partial charge on any atom is -0.400 e. The van der Waals surface area contributed by atoms with Crippen LogP contribution in [0.3, 0.4) is 0 Å². The molecule has 4 aliphatic rings. The molecule has 0 amide bonds. The van der Waals surface area contributed by atoms with Gasteiger partial charge in [-0.25, -0.2) is 4.39 Å². The van der Waals surface area contributed by atoms with Crippen molar-refractivity contribution in [3.8, 4) is 0 Å². The molecule has 0 aliphatic carbocycles. The van der Waals surface area contributed by atoms with Gasteiger partial charge in [-0.05, 0) is 13.0 Å². The summed E-state index contributed by atoms with van der Waals surface area (Å²) >= 11 is 0. The predicted molar refractivity (Wildman–Crippen MR) is 90.4 cm³/mol. The number of rotatable bonds is 2. The van der Waals surface area contributed by atoms with Crippen LogP contribution in [0.15, 0.2) is 21.8 Å². The molecule has 10 heteroatoms. The fraction of sp³-hybridized carbons (Fsp3) is 0.733. The van der Waals surface area contributed by atoms with E-state index in [1.807, 2.05) is 0 Å². The highest BCUT2D eigenvalue weighted by Crippen LogP contribution is 2.60. The molecule has 0 bridgehead atoms. The van der Waals surface area contributed by atoms with Crippen molar-refractivity contribution in [2.24, 2.45) is 15.7 Å². The lowest BCUT2D eigenvalue weighted by Crippen LogP contribution is -2.48. The van der Waals surface area contributed by atoms with Gasteiger partial charge in [-0.15, -0.1) is 0 Å². The Hall–Kier alpha value is -1.28. The summed E-state index contributed by atoms with van der Waals surface area (Å²) in [5.41, 5.74) is 6.15. The molecule has 4 aliphatic heterocycles. The molecule has 0 radical (unpaired) electrons. The molecule has 2 N–H and O–H groups in total. The molecule has 0 aromatic heterocycles. The van der Waals surface area contributed by atoms with Crippen molar-refractivity contribution in [2.75, 3.05) is 0 Å². The number of allylic oxidation sites excluding steroid dienone is 1. The Balaban J connectivity index is 1.57. The first-order valence-electron chi connectivity index (χ1n) is 8.37. The van der Waals surface area contributed by atoms with Gasteiger partial charge in [0.2, 0.25) is 0 Å². The second kappa shape index (κ2) is 5.87. The fourth-order valence-electron chi connectivity index (χ4n) is 3.52. The van der Waals surface area contributed by atoms with Crippen LogP contribution in [0.2, 0.25) is 0 Å². The minimum atomic E-state index is -3.38. The van der Waals surface area contributed by atoms with E-state index in [9.17, 15) is 4.57 Å². The van der Waals surface area contributed by atoms with Crippen molar-refractivity contribution >= 4 is 20.1 Å². The van der Waals surface area contributed by atoms with E-state index < -0.39 is 44.5 Å². The monoisotopic (exact) mass is 372 g/mol. The van der Waals surface area contributed by atoms with E-state index in [1.165, 1.54) is 6.34 Å². The maximum Gasteiger partial charge on any atom is 0.333 e. The molecule has 25 heavy (non-hydrogen) atoms. The predicted octanol–water partition coefficient (Wildman–Crippen LogP) is 1.42. The molecule has 0 aromatic rings. The first-order chi connectivity index (χ1) is 11.8. The zero-order chi connectivity index (χ0) is 17.9. The summed E-state index contributed by atoms with van der Waals surface area (Å²) < 4.78 is 45.0. The highest BCUT2D eigenvalue weighted by molar-refractivity contribution is 7.54. The fourth-order valence-corrected chi connectivity index (χ4v) is 5.22. The minimum absolute atomic E-state index is 0.347. The van der Waals surface area contributed by atoms with Crippen LogP contribution < -0.4 is 5.73 Å². The van der Waals surface area contributed by atoms with Gasteiger partial charge in [-0.2, -0.15) is 0 Å². The smallest absolute Gasteiger partial charge is 0.333 e. The molecule has 0 saturated carbocycles. The second-order valence-corrected chi connectivity index (χ2v) is 9.52. The number of halogens is 1. The zero-order valence-corrected chi connectivity index (χ0v) is 15.1. The van der Waals surface area contributed by atoms with Crippen molar-refractivity contribution in [1.82, 2.24) is 4.90 Å². The lowest BCUT2D eigenvalue weighted by molar-refractivity contribution is -0.102. The van der Waals surface area contributed by atoms with Gasteiger partial charge in [0, 0.05) is 11.9 Å². The molecule has 2 fully saturated rings. The molecule has 138 valence electrons. The first kappa shape index (κ1) is 17.1. The summed E-state index contributed by atoms with van der Waals surface area (Å²) in [7, 11) is -3.38. The standard InChI is InChI=1S/C15H22FN4O4P/c1-7(2)25(21)23-8(3)12-13(24-25)10(16)15(22-12)20-6-19-11-9(17)4-5-18-14(11)20/h4-8,10-15H,17H2,1-3H3/t8?,10-,11?,12-,13+,14?,15-,25?/m1/s1. The Labute approximate surface area is 145 Å². The van der Waals surface area contributed by atoms with Gasteiger partial charge in [0.05, 0.1) is 18.1 Å². The lowest BCUT2D eigenvalue weighted by atomic mass is 10.1. The summed E-state index contributed by atoms with van der Waals surface area (Å²) in [5.74, 6) is 0. The van der Waals surface area contributed by atoms with E-state index in [-0.39, 0.29) is 11.7 Å².